The number of benzene rings is 1. The third kappa shape index (κ3) is 4.18. The van der Waals surface area contributed by atoms with Crippen molar-refractivity contribution in [2.45, 2.75) is 52.2 Å². The van der Waals surface area contributed by atoms with Gasteiger partial charge in [0.15, 0.2) is 0 Å². The highest BCUT2D eigenvalue weighted by molar-refractivity contribution is 6.31. The second-order valence-corrected chi connectivity index (χ2v) is 5.50. The van der Waals surface area contributed by atoms with Crippen LogP contribution in [0.4, 0.5) is 4.39 Å². The lowest BCUT2D eigenvalue weighted by Gasteiger charge is -2.37. The second-order valence-electron chi connectivity index (χ2n) is 5.13. The normalized spacial score (nSPS) is 15.9. The Labute approximate surface area is 126 Å². The fraction of sp³-hybridized carbons (Fsp3) is 0.625. The van der Waals surface area contributed by atoms with E-state index in [0.717, 1.165) is 18.5 Å². The highest BCUT2D eigenvalue weighted by Gasteiger charge is 2.33. The first-order chi connectivity index (χ1) is 9.48. The van der Waals surface area contributed by atoms with Crippen LogP contribution < -0.4 is 5.32 Å². The van der Waals surface area contributed by atoms with Crippen LogP contribution in [-0.4, -0.2) is 24.8 Å². The van der Waals surface area contributed by atoms with Crippen molar-refractivity contribution in [2.75, 3.05) is 13.2 Å². The number of nitrogens with one attached hydrogen (secondary N) is 1. The molecule has 0 aliphatic carbocycles. The summed E-state index contributed by atoms with van der Waals surface area (Å²) >= 11 is 6.06. The molecule has 1 aromatic rings. The molecule has 1 N–H and O–H groups in total. The van der Waals surface area contributed by atoms with Crippen molar-refractivity contribution >= 4 is 11.6 Å². The largest absolute Gasteiger partial charge is 0.374 e. The number of ether oxygens (including phenoxy) is 1. The first-order valence-electron chi connectivity index (χ1n) is 7.28. The first kappa shape index (κ1) is 17.4. The minimum atomic E-state index is -0.367. The quantitative estimate of drug-likeness (QED) is 0.777. The standard InChI is InChI=1S/C16H25ClFNO/c1-5-16(4,20-7-3)14(19-6-2)11-12-9-8-10-13(18)15(12)17/h8-10,14,19H,5-7,11H2,1-4H3. The van der Waals surface area contributed by atoms with Gasteiger partial charge in [-0.15, -0.1) is 0 Å². The van der Waals surface area contributed by atoms with Crippen LogP contribution in [0, 0.1) is 5.82 Å². The summed E-state index contributed by atoms with van der Waals surface area (Å²) in [5, 5.41) is 3.66. The Balaban J connectivity index is 2.99. The predicted molar refractivity (Wildman–Crippen MR) is 82.9 cm³/mol. The van der Waals surface area contributed by atoms with Gasteiger partial charge in [0.25, 0.3) is 0 Å². The van der Waals surface area contributed by atoms with E-state index in [1.807, 2.05) is 13.0 Å². The molecular weight excluding hydrogens is 277 g/mol. The van der Waals surface area contributed by atoms with Gasteiger partial charge in [-0.3, -0.25) is 0 Å². The molecule has 114 valence electrons. The minimum absolute atomic E-state index is 0.0942. The lowest BCUT2D eigenvalue weighted by Crippen LogP contribution is -2.51. The van der Waals surface area contributed by atoms with Crippen LogP contribution in [0.1, 0.15) is 39.7 Å². The molecule has 0 amide bonds. The van der Waals surface area contributed by atoms with Gasteiger partial charge in [0.2, 0.25) is 0 Å². The Morgan fingerprint density at radius 3 is 2.60 bits per heavy atom. The SMILES string of the molecule is CCNC(Cc1cccc(F)c1Cl)C(C)(CC)OCC. The van der Waals surface area contributed by atoms with Gasteiger partial charge in [0.05, 0.1) is 10.6 Å². The molecule has 0 bridgehead atoms. The molecular formula is C16H25ClFNO. The second kappa shape index (κ2) is 7.96. The maximum absolute atomic E-state index is 13.6. The zero-order valence-corrected chi connectivity index (χ0v) is 13.6. The van der Waals surface area contributed by atoms with Gasteiger partial charge < -0.3 is 10.1 Å². The van der Waals surface area contributed by atoms with E-state index >= 15 is 0 Å². The van der Waals surface area contributed by atoms with Crippen molar-refractivity contribution in [2.24, 2.45) is 0 Å². The summed E-state index contributed by atoms with van der Waals surface area (Å²) in [5.74, 6) is -0.367. The smallest absolute Gasteiger partial charge is 0.142 e. The molecule has 0 aliphatic rings. The maximum atomic E-state index is 13.6. The lowest BCUT2D eigenvalue weighted by atomic mass is 9.88. The third-order valence-corrected chi connectivity index (χ3v) is 4.24. The number of hydrogen-bond acceptors (Lipinski definition) is 2. The van der Waals surface area contributed by atoms with Gasteiger partial charge in [-0.1, -0.05) is 37.6 Å². The van der Waals surface area contributed by atoms with Crippen LogP contribution in [0.5, 0.6) is 0 Å². The average Bonchev–Trinajstić information content (AvgIpc) is 2.43. The summed E-state index contributed by atoms with van der Waals surface area (Å²) in [6.45, 7) is 9.74. The van der Waals surface area contributed by atoms with E-state index in [1.54, 1.807) is 6.07 Å². The first-order valence-corrected chi connectivity index (χ1v) is 7.66. The van der Waals surface area contributed by atoms with Gasteiger partial charge in [-0.05, 0) is 44.9 Å². The molecule has 2 unspecified atom stereocenters. The highest BCUT2D eigenvalue weighted by atomic mass is 35.5. The van der Waals surface area contributed by atoms with Crippen molar-refractivity contribution in [1.29, 1.82) is 0 Å². The Morgan fingerprint density at radius 2 is 2.05 bits per heavy atom. The number of likely N-dealkylation sites (N-methyl/N-ethyl adjacent to an activating group) is 1. The maximum Gasteiger partial charge on any atom is 0.142 e. The number of hydrogen-bond donors (Lipinski definition) is 1. The molecule has 0 aliphatic heterocycles. The molecule has 0 heterocycles. The molecule has 0 fully saturated rings. The highest BCUT2D eigenvalue weighted by Crippen LogP contribution is 2.27. The van der Waals surface area contributed by atoms with Crippen molar-refractivity contribution in [3.63, 3.8) is 0 Å². The molecule has 0 radical (unpaired) electrons. The van der Waals surface area contributed by atoms with E-state index in [1.165, 1.54) is 6.07 Å². The molecule has 0 saturated heterocycles. The van der Waals surface area contributed by atoms with E-state index < -0.39 is 0 Å². The van der Waals surface area contributed by atoms with E-state index in [-0.39, 0.29) is 22.5 Å². The predicted octanol–water partition coefficient (Wildman–Crippen LogP) is 4.20. The number of rotatable bonds is 8. The Bertz CT molecular complexity index is 427. The zero-order chi connectivity index (χ0) is 15.2. The van der Waals surface area contributed by atoms with E-state index in [9.17, 15) is 4.39 Å². The van der Waals surface area contributed by atoms with E-state index in [2.05, 4.69) is 26.1 Å². The summed E-state index contributed by atoms with van der Waals surface area (Å²) < 4.78 is 19.5. The van der Waals surface area contributed by atoms with Crippen molar-refractivity contribution < 1.29 is 9.13 Å². The minimum Gasteiger partial charge on any atom is -0.374 e. The third-order valence-electron chi connectivity index (χ3n) is 3.82. The molecule has 1 aromatic carbocycles. The van der Waals surface area contributed by atoms with Crippen LogP contribution in [0.2, 0.25) is 5.02 Å². The fourth-order valence-corrected chi connectivity index (χ4v) is 2.66. The number of halogens is 2. The molecule has 0 saturated carbocycles. The topological polar surface area (TPSA) is 21.3 Å². The molecule has 20 heavy (non-hydrogen) atoms. The van der Waals surface area contributed by atoms with Crippen molar-refractivity contribution in [1.82, 2.24) is 5.32 Å². The van der Waals surface area contributed by atoms with Crippen molar-refractivity contribution in [3.8, 4) is 0 Å². The Kier molecular flexibility index (Phi) is 6.93. The summed E-state index contributed by atoms with van der Waals surface area (Å²) in [4.78, 5) is 0. The van der Waals surface area contributed by atoms with Crippen molar-refractivity contribution in [3.05, 3.63) is 34.6 Å². The molecule has 2 atom stereocenters. The van der Waals surface area contributed by atoms with Crippen LogP contribution >= 0.6 is 11.6 Å². The Morgan fingerprint density at radius 1 is 1.35 bits per heavy atom. The van der Waals surface area contributed by atoms with Crippen LogP contribution in [-0.2, 0) is 11.2 Å². The summed E-state index contributed by atoms with van der Waals surface area (Å²) in [6, 6.07) is 5.05. The monoisotopic (exact) mass is 301 g/mol. The summed E-state index contributed by atoms with van der Waals surface area (Å²) in [5.41, 5.74) is 0.525. The summed E-state index contributed by atoms with van der Waals surface area (Å²) in [7, 11) is 0. The van der Waals surface area contributed by atoms with Gasteiger partial charge in [0.1, 0.15) is 5.82 Å². The molecule has 2 nitrogen and oxygen atoms in total. The van der Waals surface area contributed by atoms with Gasteiger partial charge >= 0.3 is 0 Å². The molecule has 1 rings (SSSR count). The van der Waals surface area contributed by atoms with Crippen LogP contribution in [0.15, 0.2) is 18.2 Å². The van der Waals surface area contributed by atoms with Crippen LogP contribution in [0.3, 0.4) is 0 Å². The van der Waals surface area contributed by atoms with Crippen LogP contribution in [0.25, 0.3) is 0 Å². The van der Waals surface area contributed by atoms with E-state index in [0.29, 0.717) is 13.0 Å². The molecule has 4 heteroatoms. The van der Waals surface area contributed by atoms with Gasteiger partial charge in [-0.25, -0.2) is 4.39 Å². The summed E-state index contributed by atoms with van der Waals surface area (Å²) in [6.07, 6.45) is 1.53. The van der Waals surface area contributed by atoms with Gasteiger partial charge in [0, 0.05) is 12.6 Å². The zero-order valence-electron chi connectivity index (χ0n) is 12.8. The molecule has 0 spiro atoms. The van der Waals surface area contributed by atoms with E-state index in [4.69, 9.17) is 16.3 Å². The van der Waals surface area contributed by atoms with Gasteiger partial charge in [-0.2, -0.15) is 0 Å². The lowest BCUT2D eigenvalue weighted by molar-refractivity contribution is -0.0547. The average molecular weight is 302 g/mol. The molecule has 0 aromatic heterocycles. The fourth-order valence-electron chi connectivity index (χ4n) is 2.46. The Hall–Kier alpha value is -0.640.